The van der Waals surface area contributed by atoms with Crippen LogP contribution in [-0.4, -0.2) is 42.3 Å². The van der Waals surface area contributed by atoms with Crippen molar-refractivity contribution >= 4 is 29.1 Å². The Morgan fingerprint density at radius 3 is 2.20 bits per heavy atom. The molecule has 20 heavy (non-hydrogen) atoms. The topological polar surface area (TPSA) is 66.5 Å². The number of ketones is 2. The molecule has 0 aliphatic heterocycles. The summed E-state index contributed by atoms with van der Waals surface area (Å²) in [6.45, 7) is 0. The fourth-order valence-corrected chi connectivity index (χ4v) is 2.14. The number of nitrogens with one attached hydrogen (secondary N) is 1. The highest BCUT2D eigenvalue weighted by atomic mass is 35.5. The highest BCUT2D eigenvalue weighted by Crippen LogP contribution is 2.26. The molecule has 0 unspecified atom stereocenters. The lowest BCUT2D eigenvalue weighted by Crippen LogP contribution is -2.38. The van der Waals surface area contributed by atoms with E-state index in [4.69, 9.17) is 11.6 Å². The van der Waals surface area contributed by atoms with Crippen LogP contribution in [0.1, 0.15) is 20.7 Å². The molecule has 0 saturated carbocycles. The Balaban J connectivity index is 2.60. The van der Waals surface area contributed by atoms with E-state index in [1.165, 1.54) is 4.90 Å². The Morgan fingerprint density at radius 1 is 1.15 bits per heavy atom. The van der Waals surface area contributed by atoms with Crippen LogP contribution in [0.4, 0.5) is 0 Å². The summed E-state index contributed by atoms with van der Waals surface area (Å²) in [4.78, 5) is 37.8. The van der Waals surface area contributed by atoms with Gasteiger partial charge in [0.25, 0.3) is 0 Å². The van der Waals surface area contributed by atoms with E-state index in [9.17, 15) is 14.4 Å². The first-order valence-corrected chi connectivity index (χ1v) is 6.46. The van der Waals surface area contributed by atoms with Gasteiger partial charge in [0.1, 0.15) is 17.3 Å². The van der Waals surface area contributed by atoms with E-state index in [1.54, 1.807) is 38.4 Å². The SMILES string of the molecule is CN(C)C1=C(NC(=O)CCl)C(=O)c2ccccc2C1=O. The lowest BCUT2D eigenvalue weighted by atomic mass is 9.90. The van der Waals surface area contributed by atoms with Gasteiger partial charge in [0, 0.05) is 25.2 Å². The van der Waals surface area contributed by atoms with Crippen molar-refractivity contribution in [3.63, 3.8) is 0 Å². The van der Waals surface area contributed by atoms with Gasteiger partial charge in [-0.2, -0.15) is 0 Å². The van der Waals surface area contributed by atoms with Crippen molar-refractivity contribution in [2.45, 2.75) is 0 Å². The van der Waals surface area contributed by atoms with Gasteiger partial charge in [-0.1, -0.05) is 24.3 Å². The fraction of sp³-hybridized carbons (Fsp3) is 0.214. The molecule has 2 rings (SSSR count). The summed E-state index contributed by atoms with van der Waals surface area (Å²) in [6, 6.07) is 6.53. The van der Waals surface area contributed by atoms with E-state index in [0.717, 1.165) is 0 Å². The van der Waals surface area contributed by atoms with Crippen LogP contribution < -0.4 is 5.32 Å². The summed E-state index contributed by atoms with van der Waals surface area (Å²) < 4.78 is 0. The van der Waals surface area contributed by atoms with E-state index in [2.05, 4.69) is 5.32 Å². The number of fused-ring (bicyclic) bond motifs is 1. The second-order valence-electron chi connectivity index (χ2n) is 4.50. The number of likely N-dealkylation sites (N-methyl/N-ethyl adjacent to an activating group) is 1. The standard InChI is InChI=1S/C14H13ClN2O3/c1-17(2)12-11(16-10(18)7-15)13(19)8-5-3-4-6-9(8)14(12)20/h3-6H,7H2,1-2H3,(H,16,18). The van der Waals surface area contributed by atoms with Crippen molar-refractivity contribution in [3.05, 3.63) is 46.8 Å². The van der Waals surface area contributed by atoms with Gasteiger partial charge in [0.15, 0.2) is 0 Å². The highest BCUT2D eigenvalue weighted by Gasteiger charge is 2.33. The normalized spacial score (nSPS) is 14.2. The number of benzene rings is 1. The number of hydrogen-bond acceptors (Lipinski definition) is 4. The minimum atomic E-state index is -0.526. The van der Waals surface area contributed by atoms with Crippen molar-refractivity contribution in [1.29, 1.82) is 0 Å². The molecular weight excluding hydrogens is 280 g/mol. The van der Waals surface area contributed by atoms with Gasteiger partial charge in [-0.3, -0.25) is 14.4 Å². The van der Waals surface area contributed by atoms with Gasteiger partial charge in [-0.25, -0.2) is 0 Å². The number of nitrogens with zero attached hydrogens (tertiary/aromatic N) is 1. The fourth-order valence-electron chi connectivity index (χ4n) is 2.08. The number of rotatable bonds is 3. The number of allylic oxidation sites excluding steroid dienone is 2. The average Bonchev–Trinajstić information content (AvgIpc) is 2.44. The molecule has 1 aromatic rings. The zero-order valence-corrected chi connectivity index (χ0v) is 11.8. The summed E-state index contributed by atoms with van der Waals surface area (Å²) in [6.07, 6.45) is 0. The highest BCUT2D eigenvalue weighted by molar-refractivity contribution is 6.30. The second kappa shape index (κ2) is 5.46. The van der Waals surface area contributed by atoms with E-state index in [-0.39, 0.29) is 34.4 Å². The van der Waals surface area contributed by atoms with Gasteiger partial charge in [0.05, 0.1) is 0 Å². The molecule has 1 amide bonds. The Kier molecular flexibility index (Phi) is 3.90. The molecule has 5 nitrogen and oxygen atoms in total. The maximum Gasteiger partial charge on any atom is 0.239 e. The molecule has 1 aliphatic rings. The molecule has 0 aromatic heterocycles. The molecule has 1 aromatic carbocycles. The molecule has 0 fully saturated rings. The third-order valence-corrected chi connectivity index (χ3v) is 3.17. The van der Waals surface area contributed by atoms with Gasteiger partial charge in [-0.05, 0) is 0 Å². The number of Topliss-reactive ketones (excluding diaryl/α,β-unsaturated/α-hetero) is 2. The van der Waals surface area contributed by atoms with Gasteiger partial charge >= 0.3 is 0 Å². The first-order chi connectivity index (χ1) is 9.47. The lowest BCUT2D eigenvalue weighted by molar-refractivity contribution is -0.118. The van der Waals surface area contributed by atoms with E-state index < -0.39 is 5.91 Å². The number of halogens is 1. The predicted octanol–water partition coefficient (Wildman–Crippen LogP) is 1.19. The number of amides is 1. The number of carbonyl (C=O) groups excluding carboxylic acids is 3. The molecule has 0 atom stereocenters. The molecular formula is C14H13ClN2O3. The number of carbonyl (C=O) groups is 3. The van der Waals surface area contributed by atoms with Crippen LogP contribution in [0, 0.1) is 0 Å². The van der Waals surface area contributed by atoms with Crippen LogP contribution >= 0.6 is 11.6 Å². The molecule has 1 aliphatic carbocycles. The van der Waals surface area contributed by atoms with Crippen LogP contribution in [-0.2, 0) is 4.79 Å². The molecule has 0 heterocycles. The smallest absolute Gasteiger partial charge is 0.239 e. The molecule has 1 N–H and O–H groups in total. The Hall–Kier alpha value is -2.14. The zero-order chi connectivity index (χ0) is 14.9. The van der Waals surface area contributed by atoms with Crippen LogP contribution in [0.25, 0.3) is 0 Å². The monoisotopic (exact) mass is 292 g/mol. The minimum Gasteiger partial charge on any atom is -0.373 e. The summed E-state index contributed by atoms with van der Waals surface area (Å²) in [5, 5.41) is 2.42. The summed E-state index contributed by atoms with van der Waals surface area (Å²) in [7, 11) is 3.28. The van der Waals surface area contributed by atoms with Crippen LogP contribution in [0.5, 0.6) is 0 Å². The van der Waals surface area contributed by atoms with Gasteiger partial charge in [-0.15, -0.1) is 11.6 Å². The molecule has 104 valence electrons. The minimum absolute atomic E-state index is 0.0237. The number of hydrogen-bond donors (Lipinski definition) is 1. The molecule has 0 saturated heterocycles. The van der Waals surface area contributed by atoms with Crippen LogP contribution in [0.3, 0.4) is 0 Å². The Labute approximate surface area is 121 Å². The third-order valence-electron chi connectivity index (χ3n) is 2.93. The van der Waals surface area contributed by atoms with Crippen molar-refractivity contribution in [2.75, 3.05) is 20.0 Å². The summed E-state index contributed by atoms with van der Waals surface area (Å²) in [5.41, 5.74) is 0.759. The molecule has 6 heteroatoms. The van der Waals surface area contributed by atoms with Crippen LogP contribution in [0.2, 0.25) is 0 Å². The average molecular weight is 293 g/mol. The molecule has 0 spiro atoms. The molecule has 0 radical (unpaired) electrons. The van der Waals surface area contributed by atoms with Gasteiger partial charge in [0.2, 0.25) is 17.5 Å². The Morgan fingerprint density at radius 2 is 1.70 bits per heavy atom. The maximum absolute atomic E-state index is 12.4. The first kappa shape index (κ1) is 14.3. The zero-order valence-electron chi connectivity index (χ0n) is 11.1. The van der Waals surface area contributed by atoms with Crippen molar-refractivity contribution in [3.8, 4) is 0 Å². The third kappa shape index (κ3) is 2.32. The van der Waals surface area contributed by atoms with Crippen molar-refractivity contribution in [1.82, 2.24) is 10.2 Å². The van der Waals surface area contributed by atoms with Gasteiger partial charge < -0.3 is 10.2 Å². The number of alkyl halides is 1. The second-order valence-corrected chi connectivity index (χ2v) is 4.77. The predicted molar refractivity (Wildman–Crippen MR) is 74.7 cm³/mol. The molecule has 0 bridgehead atoms. The lowest BCUT2D eigenvalue weighted by Gasteiger charge is -2.25. The first-order valence-electron chi connectivity index (χ1n) is 5.93. The van der Waals surface area contributed by atoms with E-state index in [0.29, 0.717) is 5.56 Å². The summed E-state index contributed by atoms with van der Waals surface area (Å²) in [5.74, 6) is -1.49. The quantitative estimate of drug-likeness (QED) is 0.850. The Bertz CT molecular complexity index is 635. The van der Waals surface area contributed by atoms with Crippen LogP contribution in [0.15, 0.2) is 35.7 Å². The summed E-state index contributed by atoms with van der Waals surface area (Å²) >= 11 is 5.44. The maximum atomic E-state index is 12.4. The van der Waals surface area contributed by atoms with Crippen molar-refractivity contribution < 1.29 is 14.4 Å². The largest absolute Gasteiger partial charge is 0.373 e. The van der Waals surface area contributed by atoms with Crippen molar-refractivity contribution in [2.24, 2.45) is 0 Å². The van der Waals surface area contributed by atoms with E-state index >= 15 is 0 Å². The van der Waals surface area contributed by atoms with E-state index in [1.807, 2.05) is 0 Å².